The molecule has 1 fully saturated rings. The van der Waals surface area contributed by atoms with E-state index in [1.54, 1.807) is 29.5 Å². The molecule has 1 heterocycles. The number of carbonyl (C=O) groups is 2. The SMILES string of the molecule is Cc1ccsc1C1CC1C(=O)NCc1cccc(C(=O)O)c1. The third kappa shape index (κ3) is 3.04. The number of aryl methyl sites for hydroxylation is 1. The van der Waals surface area contributed by atoms with Crippen LogP contribution >= 0.6 is 11.3 Å². The lowest BCUT2D eigenvalue weighted by molar-refractivity contribution is -0.122. The Morgan fingerprint density at radius 3 is 2.86 bits per heavy atom. The van der Waals surface area contributed by atoms with Crippen LogP contribution in [0, 0.1) is 12.8 Å². The van der Waals surface area contributed by atoms with E-state index < -0.39 is 5.97 Å². The highest BCUT2D eigenvalue weighted by Crippen LogP contribution is 2.50. The summed E-state index contributed by atoms with van der Waals surface area (Å²) in [7, 11) is 0. The second-order valence-electron chi connectivity index (χ2n) is 5.64. The Kier molecular flexibility index (Phi) is 3.98. The highest BCUT2D eigenvalue weighted by atomic mass is 32.1. The number of nitrogens with one attached hydrogen (secondary N) is 1. The number of thiophene rings is 1. The van der Waals surface area contributed by atoms with E-state index in [4.69, 9.17) is 5.11 Å². The zero-order valence-electron chi connectivity index (χ0n) is 12.2. The van der Waals surface area contributed by atoms with Gasteiger partial charge in [0.25, 0.3) is 0 Å². The van der Waals surface area contributed by atoms with E-state index in [9.17, 15) is 9.59 Å². The molecule has 0 radical (unpaired) electrons. The van der Waals surface area contributed by atoms with E-state index in [0.717, 1.165) is 12.0 Å². The molecule has 22 heavy (non-hydrogen) atoms. The zero-order valence-corrected chi connectivity index (χ0v) is 13.0. The van der Waals surface area contributed by atoms with Crippen LogP contribution in [0.2, 0.25) is 0 Å². The van der Waals surface area contributed by atoms with Crippen molar-refractivity contribution in [3.63, 3.8) is 0 Å². The highest BCUT2D eigenvalue weighted by molar-refractivity contribution is 7.10. The summed E-state index contributed by atoms with van der Waals surface area (Å²) >= 11 is 1.72. The van der Waals surface area contributed by atoms with Gasteiger partial charge >= 0.3 is 5.97 Å². The topological polar surface area (TPSA) is 66.4 Å². The van der Waals surface area contributed by atoms with E-state index in [1.165, 1.54) is 10.4 Å². The first-order chi connectivity index (χ1) is 10.6. The van der Waals surface area contributed by atoms with Crippen molar-refractivity contribution in [2.75, 3.05) is 0 Å². The lowest BCUT2D eigenvalue weighted by atomic mass is 10.1. The minimum Gasteiger partial charge on any atom is -0.478 e. The first-order valence-electron chi connectivity index (χ1n) is 7.20. The summed E-state index contributed by atoms with van der Waals surface area (Å²) in [6, 6.07) is 8.74. The van der Waals surface area contributed by atoms with Crippen LogP contribution in [0.4, 0.5) is 0 Å². The van der Waals surface area contributed by atoms with Crippen LogP contribution in [0.1, 0.15) is 38.7 Å². The maximum atomic E-state index is 12.2. The van der Waals surface area contributed by atoms with Crippen molar-refractivity contribution in [1.29, 1.82) is 0 Å². The minimum atomic E-state index is -0.955. The first-order valence-corrected chi connectivity index (χ1v) is 8.08. The molecule has 4 nitrogen and oxygen atoms in total. The monoisotopic (exact) mass is 315 g/mol. The summed E-state index contributed by atoms with van der Waals surface area (Å²) in [5.74, 6) is -0.493. The molecule has 2 aromatic rings. The summed E-state index contributed by atoms with van der Waals surface area (Å²) in [5.41, 5.74) is 2.31. The molecule has 0 spiro atoms. The van der Waals surface area contributed by atoms with Crippen LogP contribution in [-0.2, 0) is 11.3 Å². The average molecular weight is 315 g/mol. The normalized spacial score (nSPS) is 19.7. The highest BCUT2D eigenvalue weighted by Gasteiger charge is 2.45. The summed E-state index contributed by atoms with van der Waals surface area (Å²) in [6.45, 7) is 2.45. The maximum Gasteiger partial charge on any atom is 0.335 e. The fraction of sp³-hybridized carbons (Fsp3) is 0.294. The smallest absolute Gasteiger partial charge is 0.335 e. The van der Waals surface area contributed by atoms with Crippen LogP contribution in [-0.4, -0.2) is 17.0 Å². The van der Waals surface area contributed by atoms with E-state index >= 15 is 0 Å². The number of amides is 1. The number of hydrogen-bond donors (Lipinski definition) is 2. The van der Waals surface area contributed by atoms with Crippen molar-refractivity contribution in [1.82, 2.24) is 5.32 Å². The van der Waals surface area contributed by atoms with Gasteiger partial charge in [-0.15, -0.1) is 11.3 Å². The molecule has 2 unspecified atom stereocenters. The van der Waals surface area contributed by atoms with Gasteiger partial charge in [0, 0.05) is 23.3 Å². The zero-order chi connectivity index (χ0) is 15.7. The minimum absolute atomic E-state index is 0.0542. The Morgan fingerprint density at radius 1 is 1.36 bits per heavy atom. The van der Waals surface area contributed by atoms with Crippen LogP contribution in [0.3, 0.4) is 0 Å². The van der Waals surface area contributed by atoms with E-state index in [2.05, 4.69) is 23.7 Å². The molecule has 0 saturated heterocycles. The van der Waals surface area contributed by atoms with Gasteiger partial charge in [0.1, 0.15) is 0 Å². The molecule has 3 rings (SSSR count). The van der Waals surface area contributed by atoms with Gasteiger partial charge in [0.05, 0.1) is 5.56 Å². The van der Waals surface area contributed by atoms with Gasteiger partial charge in [-0.1, -0.05) is 12.1 Å². The fourth-order valence-electron chi connectivity index (χ4n) is 2.67. The predicted molar refractivity (Wildman–Crippen MR) is 85.2 cm³/mol. The lowest BCUT2D eigenvalue weighted by Crippen LogP contribution is -2.25. The Morgan fingerprint density at radius 2 is 2.18 bits per heavy atom. The third-order valence-corrected chi connectivity index (χ3v) is 5.16. The number of hydrogen-bond acceptors (Lipinski definition) is 3. The Labute approximate surface area is 132 Å². The molecule has 5 heteroatoms. The van der Waals surface area contributed by atoms with Crippen LogP contribution in [0.25, 0.3) is 0 Å². The summed E-state index contributed by atoms with van der Waals surface area (Å²) in [5, 5.41) is 13.9. The Bertz CT molecular complexity index is 722. The van der Waals surface area contributed by atoms with Gasteiger partial charge in [0.2, 0.25) is 5.91 Å². The molecule has 1 aliphatic carbocycles. The molecular formula is C17H17NO3S. The number of carbonyl (C=O) groups excluding carboxylic acids is 1. The first kappa shape index (κ1) is 14.8. The Hall–Kier alpha value is -2.14. The van der Waals surface area contributed by atoms with Gasteiger partial charge in [0.15, 0.2) is 0 Å². The van der Waals surface area contributed by atoms with Gasteiger partial charge in [-0.2, -0.15) is 0 Å². The molecule has 1 amide bonds. The summed E-state index contributed by atoms with van der Waals surface area (Å²) in [6.07, 6.45) is 0.905. The van der Waals surface area contributed by atoms with Crippen LogP contribution < -0.4 is 5.32 Å². The second kappa shape index (κ2) is 5.93. The van der Waals surface area contributed by atoms with Crippen molar-refractivity contribution in [3.8, 4) is 0 Å². The number of benzene rings is 1. The number of carboxylic acids is 1. The predicted octanol–water partition coefficient (Wildman–Crippen LogP) is 3.17. The number of carboxylic acid groups (broad SMARTS) is 1. The van der Waals surface area contributed by atoms with E-state index in [0.29, 0.717) is 12.5 Å². The van der Waals surface area contributed by atoms with Gasteiger partial charge < -0.3 is 10.4 Å². The standard InChI is InChI=1S/C17H17NO3S/c1-10-5-6-22-15(10)13-8-14(13)16(19)18-9-11-3-2-4-12(7-11)17(20)21/h2-7,13-14H,8-9H2,1H3,(H,18,19)(H,20,21). The van der Waals surface area contributed by atoms with Crippen LogP contribution in [0.5, 0.6) is 0 Å². The van der Waals surface area contributed by atoms with Crippen molar-refractivity contribution in [2.45, 2.75) is 25.8 Å². The quantitative estimate of drug-likeness (QED) is 0.890. The summed E-state index contributed by atoms with van der Waals surface area (Å²) < 4.78 is 0. The Balaban J connectivity index is 1.57. The van der Waals surface area contributed by atoms with E-state index in [1.807, 2.05) is 6.07 Å². The molecule has 2 N–H and O–H groups in total. The molecule has 114 valence electrons. The fourth-order valence-corrected chi connectivity index (χ4v) is 3.78. The number of rotatable bonds is 5. The summed E-state index contributed by atoms with van der Waals surface area (Å²) in [4.78, 5) is 24.4. The molecule has 1 aromatic heterocycles. The van der Waals surface area contributed by atoms with Gasteiger partial charge in [-0.3, -0.25) is 4.79 Å². The molecule has 1 aromatic carbocycles. The molecular weight excluding hydrogens is 298 g/mol. The third-order valence-electron chi connectivity index (χ3n) is 4.01. The van der Waals surface area contributed by atoms with Crippen molar-refractivity contribution in [3.05, 3.63) is 57.3 Å². The molecule has 0 bridgehead atoms. The molecule has 1 saturated carbocycles. The van der Waals surface area contributed by atoms with Crippen molar-refractivity contribution < 1.29 is 14.7 Å². The lowest BCUT2D eigenvalue weighted by Gasteiger charge is -2.06. The molecule has 2 atom stereocenters. The molecule has 0 aliphatic heterocycles. The van der Waals surface area contributed by atoms with Crippen LogP contribution in [0.15, 0.2) is 35.7 Å². The largest absolute Gasteiger partial charge is 0.478 e. The van der Waals surface area contributed by atoms with Gasteiger partial charge in [-0.05, 0) is 48.1 Å². The second-order valence-corrected chi connectivity index (χ2v) is 6.59. The average Bonchev–Trinajstić information content (AvgIpc) is 3.19. The van der Waals surface area contributed by atoms with E-state index in [-0.39, 0.29) is 17.4 Å². The van der Waals surface area contributed by atoms with Crippen molar-refractivity contribution >= 4 is 23.2 Å². The molecule has 1 aliphatic rings. The maximum absolute atomic E-state index is 12.2. The number of aromatic carboxylic acids is 1. The van der Waals surface area contributed by atoms with Crippen molar-refractivity contribution in [2.24, 2.45) is 5.92 Å². The van der Waals surface area contributed by atoms with Gasteiger partial charge in [-0.25, -0.2) is 4.79 Å².